The molecule has 2 amide bonds. The number of carbonyl (C=O) groups excluding carboxylic acids is 2. The first-order chi connectivity index (χ1) is 12.2. The van der Waals surface area contributed by atoms with Crippen LogP contribution in [0.4, 0.5) is 0 Å². The van der Waals surface area contributed by atoms with Crippen molar-refractivity contribution < 1.29 is 14.0 Å². The quantitative estimate of drug-likeness (QED) is 0.861. The molecule has 0 N–H and O–H groups in total. The molecule has 0 saturated carbocycles. The monoisotopic (exact) mass is 339 g/mol. The molecular formula is C19H21N3O3. The predicted octanol–water partition coefficient (Wildman–Crippen LogP) is 2.33. The third kappa shape index (κ3) is 2.92. The molecule has 25 heavy (non-hydrogen) atoms. The van der Waals surface area contributed by atoms with Crippen molar-refractivity contribution in [2.75, 3.05) is 19.6 Å². The summed E-state index contributed by atoms with van der Waals surface area (Å²) in [5, 5.41) is 0. The van der Waals surface area contributed by atoms with E-state index < -0.39 is 5.41 Å². The summed E-state index contributed by atoms with van der Waals surface area (Å²) in [5.74, 6) is 0.380. The molecule has 1 unspecified atom stereocenters. The fraction of sp³-hybridized carbons (Fsp3) is 0.421. The Balaban J connectivity index is 1.48. The van der Waals surface area contributed by atoms with Crippen molar-refractivity contribution in [3.8, 4) is 0 Å². The number of amides is 2. The van der Waals surface area contributed by atoms with Crippen LogP contribution in [-0.2, 0) is 11.3 Å². The maximum Gasteiger partial charge on any atom is 0.289 e. The minimum Gasteiger partial charge on any atom is -0.459 e. The van der Waals surface area contributed by atoms with Crippen LogP contribution in [0.15, 0.2) is 47.3 Å². The maximum absolute atomic E-state index is 13.1. The summed E-state index contributed by atoms with van der Waals surface area (Å²) in [6.07, 6.45) is 7.52. The first-order valence-corrected chi connectivity index (χ1v) is 8.69. The molecule has 4 heterocycles. The van der Waals surface area contributed by atoms with Crippen LogP contribution in [-0.4, -0.2) is 46.2 Å². The maximum atomic E-state index is 13.1. The van der Waals surface area contributed by atoms with Crippen LogP contribution in [0, 0.1) is 5.41 Å². The normalized spacial score (nSPS) is 23.4. The smallest absolute Gasteiger partial charge is 0.289 e. The van der Waals surface area contributed by atoms with Gasteiger partial charge in [-0.05, 0) is 43.0 Å². The van der Waals surface area contributed by atoms with E-state index in [0.717, 1.165) is 31.4 Å². The lowest BCUT2D eigenvalue weighted by atomic mass is 9.78. The van der Waals surface area contributed by atoms with Gasteiger partial charge in [0.15, 0.2) is 5.76 Å². The fourth-order valence-electron chi connectivity index (χ4n) is 4.00. The number of carbonyl (C=O) groups is 2. The minimum absolute atomic E-state index is 0.123. The molecule has 0 aromatic carbocycles. The van der Waals surface area contributed by atoms with Gasteiger partial charge in [0.05, 0.1) is 11.7 Å². The fourth-order valence-corrected chi connectivity index (χ4v) is 4.00. The largest absolute Gasteiger partial charge is 0.459 e. The van der Waals surface area contributed by atoms with E-state index in [1.165, 1.54) is 6.26 Å². The Hall–Kier alpha value is -2.63. The van der Waals surface area contributed by atoms with Gasteiger partial charge in [-0.2, -0.15) is 0 Å². The Morgan fingerprint density at radius 2 is 2.16 bits per heavy atom. The van der Waals surface area contributed by atoms with Gasteiger partial charge in [-0.25, -0.2) is 0 Å². The molecule has 2 aromatic rings. The summed E-state index contributed by atoms with van der Waals surface area (Å²) in [6.45, 7) is 2.48. The molecule has 6 nitrogen and oxygen atoms in total. The molecule has 1 spiro atoms. The number of pyridine rings is 1. The number of nitrogens with zero attached hydrogens (tertiary/aromatic N) is 3. The standard InChI is InChI=1S/C19H21N3O3/c23-17(16-5-2-11-25-16)22-9-3-6-19(14-22)7-10-21(18(19)24)13-15-4-1-8-20-12-15/h1-2,4-5,8,11-12H,3,6-7,9-10,13-14H2. The highest BCUT2D eigenvalue weighted by atomic mass is 16.3. The van der Waals surface area contributed by atoms with Crippen molar-refractivity contribution in [1.82, 2.24) is 14.8 Å². The number of piperidine rings is 1. The molecular weight excluding hydrogens is 318 g/mol. The zero-order chi connectivity index (χ0) is 17.3. The van der Waals surface area contributed by atoms with Gasteiger partial charge in [0.25, 0.3) is 5.91 Å². The Labute approximate surface area is 146 Å². The molecule has 2 aliphatic heterocycles. The van der Waals surface area contributed by atoms with Gasteiger partial charge in [-0.3, -0.25) is 14.6 Å². The number of rotatable bonds is 3. The molecule has 6 heteroatoms. The summed E-state index contributed by atoms with van der Waals surface area (Å²) in [7, 11) is 0. The zero-order valence-electron chi connectivity index (χ0n) is 14.1. The number of hydrogen-bond donors (Lipinski definition) is 0. The van der Waals surface area contributed by atoms with E-state index in [0.29, 0.717) is 25.4 Å². The molecule has 2 fully saturated rings. The molecule has 0 radical (unpaired) electrons. The molecule has 4 rings (SSSR count). The number of aromatic nitrogens is 1. The van der Waals surface area contributed by atoms with Crippen LogP contribution in [0.1, 0.15) is 35.4 Å². The minimum atomic E-state index is -0.442. The van der Waals surface area contributed by atoms with E-state index in [-0.39, 0.29) is 11.8 Å². The van der Waals surface area contributed by atoms with Crippen molar-refractivity contribution in [1.29, 1.82) is 0 Å². The van der Waals surface area contributed by atoms with Gasteiger partial charge in [0.1, 0.15) is 0 Å². The van der Waals surface area contributed by atoms with Crippen LogP contribution in [0.3, 0.4) is 0 Å². The van der Waals surface area contributed by atoms with E-state index in [2.05, 4.69) is 4.98 Å². The van der Waals surface area contributed by atoms with E-state index in [4.69, 9.17) is 4.42 Å². The lowest BCUT2D eigenvalue weighted by Crippen LogP contribution is -2.49. The van der Waals surface area contributed by atoms with Gasteiger partial charge in [0.2, 0.25) is 5.91 Å². The van der Waals surface area contributed by atoms with Crippen LogP contribution in [0.5, 0.6) is 0 Å². The van der Waals surface area contributed by atoms with Crippen LogP contribution in [0.25, 0.3) is 0 Å². The molecule has 0 aliphatic carbocycles. The first kappa shape index (κ1) is 15.9. The average molecular weight is 339 g/mol. The van der Waals surface area contributed by atoms with Gasteiger partial charge in [-0.15, -0.1) is 0 Å². The van der Waals surface area contributed by atoms with E-state index in [1.54, 1.807) is 29.4 Å². The molecule has 0 bridgehead atoms. The van der Waals surface area contributed by atoms with E-state index in [1.807, 2.05) is 17.0 Å². The van der Waals surface area contributed by atoms with E-state index >= 15 is 0 Å². The lowest BCUT2D eigenvalue weighted by Gasteiger charge is -2.38. The molecule has 2 saturated heterocycles. The van der Waals surface area contributed by atoms with Crippen molar-refractivity contribution in [3.63, 3.8) is 0 Å². The second-order valence-electron chi connectivity index (χ2n) is 6.93. The summed E-state index contributed by atoms with van der Waals surface area (Å²) in [5.41, 5.74) is 0.593. The number of hydrogen-bond acceptors (Lipinski definition) is 4. The second-order valence-corrected chi connectivity index (χ2v) is 6.93. The Bertz CT molecular complexity index is 759. The third-order valence-corrected chi connectivity index (χ3v) is 5.29. The average Bonchev–Trinajstić information content (AvgIpc) is 3.28. The van der Waals surface area contributed by atoms with Crippen molar-refractivity contribution >= 4 is 11.8 Å². The number of likely N-dealkylation sites (tertiary alicyclic amines) is 2. The Morgan fingerprint density at radius 3 is 2.92 bits per heavy atom. The third-order valence-electron chi connectivity index (χ3n) is 5.29. The van der Waals surface area contributed by atoms with Gasteiger partial charge < -0.3 is 14.2 Å². The van der Waals surface area contributed by atoms with Crippen LogP contribution in [0.2, 0.25) is 0 Å². The van der Waals surface area contributed by atoms with Crippen LogP contribution >= 0.6 is 0 Å². The Kier molecular flexibility index (Phi) is 4.03. The first-order valence-electron chi connectivity index (χ1n) is 8.69. The van der Waals surface area contributed by atoms with Crippen molar-refractivity contribution in [2.45, 2.75) is 25.8 Å². The zero-order valence-corrected chi connectivity index (χ0v) is 14.1. The lowest BCUT2D eigenvalue weighted by molar-refractivity contribution is -0.138. The van der Waals surface area contributed by atoms with Crippen molar-refractivity contribution in [2.24, 2.45) is 5.41 Å². The molecule has 130 valence electrons. The van der Waals surface area contributed by atoms with Crippen molar-refractivity contribution in [3.05, 3.63) is 54.2 Å². The molecule has 2 aromatic heterocycles. The molecule has 2 aliphatic rings. The predicted molar refractivity (Wildman–Crippen MR) is 90.5 cm³/mol. The Morgan fingerprint density at radius 1 is 1.24 bits per heavy atom. The SMILES string of the molecule is O=C(c1ccco1)N1CCCC2(CCN(Cc3cccnc3)C2=O)C1. The van der Waals surface area contributed by atoms with Crippen LogP contribution < -0.4 is 0 Å². The molecule has 1 atom stereocenters. The van der Waals surface area contributed by atoms with Gasteiger partial charge in [0, 0.05) is 38.6 Å². The highest BCUT2D eigenvalue weighted by molar-refractivity contribution is 5.93. The van der Waals surface area contributed by atoms with Gasteiger partial charge in [-0.1, -0.05) is 6.07 Å². The highest BCUT2D eigenvalue weighted by Gasteiger charge is 2.49. The summed E-state index contributed by atoms with van der Waals surface area (Å²) in [6, 6.07) is 7.26. The summed E-state index contributed by atoms with van der Waals surface area (Å²) < 4.78 is 5.23. The summed E-state index contributed by atoms with van der Waals surface area (Å²) in [4.78, 5) is 33.5. The van der Waals surface area contributed by atoms with Gasteiger partial charge >= 0.3 is 0 Å². The second kappa shape index (κ2) is 6.35. The van der Waals surface area contributed by atoms with E-state index in [9.17, 15) is 9.59 Å². The number of furan rings is 1. The topological polar surface area (TPSA) is 66.7 Å². The highest BCUT2D eigenvalue weighted by Crippen LogP contribution is 2.41. The summed E-state index contributed by atoms with van der Waals surface area (Å²) >= 11 is 0.